The molecule has 1 aliphatic rings. The van der Waals surface area contributed by atoms with Crippen molar-refractivity contribution in [1.82, 2.24) is 5.32 Å². The van der Waals surface area contributed by atoms with E-state index >= 15 is 0 Å². The number of halogens is 1. The zero-order chi connectivity index (χ0) is 11.5. The van der Waals surface area contributed by atoms with Gasteiger partial charge in [-0.15, -0.1) is 0 Å². The molecule has 1 aliphatic heterocycles. The summed E-state index contributed by atoms with van der Waals surface area (Å²) < 4.78 is 17.5. The number of hydrogen-bond acceptors (Lipinski definition) is 3. The maximum atomic E-state index is 12.8. The number of hydrogen-bond donors (Lipinski definition) is 1. The van der Waals surface area contributed by atoms with E-state index in [4.69, 9.17) is 4.74 Å². The maximum absolute atomic E-state index is 12.8. The lowest BCUT2D eigenvalue weighted by Gasteiger charge is -2.16. The number of benzene rings is 1. The van der Waals surface area contributed by atoms with Gasteiger partial charge < -0.3 is 10.1 Å². The molecule has 0 radical (unpaired) electrons. The minimum atomic E-state index is -0.260. The van der Waals surface area contributed by atoms with E-state index in [1.54, 1.807) is 12.1 Å². The molecule has 4 heteroatoms. The average Bonchev–Trinajstić information content (AvgIpc) is 2.78. The number of nitrogens with one attached hydrogen (secondary N) is 1. The topological polar surface area (TPSA) is 38.3 Å². The smallest absolute Gasteiger partial charge is 0.310 e. The summed E-state index contributed by atoms with van der Waals surface area (Å²) in [6, 6.07) is 6.29. The fourth-order valence-corrected chi connectivity index (χ4v) is 2.14. The van der Waals surface area contributed by atoms with Crippen LogP contribution in [0.4, 0.5) is 4.39 Å². The van der Waals surface area contributed by atoms with E-state index in [9.17, 15) is 9.18 Å². The van der Waals surface area contributed by atoms with E-state index in [1.165, 1.54) is 19.2 Å². The van der Waals surface area contributed by atoms with Gasteiger partial charge >= 0.3 is 5.97 Å². The lowest BCUT2D eigenvalue weighted by molar-refractivity contribution is -0.145. The summed E-state index contributed by atoms with van der Waals surface area (Å²) in [4.78, 5) is 11.5. The minimum Gasteiger partial charge on any atom is -0.469 e. The van der Waals surface area contributed by atoms with Gasteiger partial charge in [-0.2, -0.15) is 0 Å². The van der Waals surface area contributed by atoms with E-state index in [0.29, 0.717) is 6.54 Å². The van der Waals surface area contributed by atoms with E-state index in [2.05, 4.69) is 5.32 Å². The van der Waals surface area contributed by atoms with Crippen LogP contribution < -0.4 is 5.32 Å². The third-order valence-electron chi connectivity index (χ3n) is 3.02. The Morgan fingerprint density at radius 3 is 2.69 bits per heavy atom. The molecule has 0 aliphatic carbocycles. The SMILES string of the molecule is COC(=O)[C@@H]1CNC[C@H]1c1ccc(F)cc1. The van der Waals surface area contributed by atoms with Gasteiger partial charge in [0.1, 0.15) is 5.82 Å². The van der Waals surface area contributed by atoms with Crippen LogP contribution in [-0.2, 0) is 9.53 Å². The van der Waals surface area contributed by atoms with Crippen LogP contribution in [0, 0.1) is 11.7 Å². The molecule has 0 spiro atoms. The molecule has 3 nitrogen and oxygen atoms in total. The first-order valence-electron chi connectivity index (χ1n) is 5.26. The molecular weight excluding hydrogens is 209 g/mol. The Kier molecular flexibility index (Phi) is 3.19. The highest BCUT2D eigenvalue weighted by atomic mass is 19.1. The van der Waals surface area contributed by atoms with Gasteiger partial charge in [0.25, 0.3) is 0 Å². The van der Waals surface area contributed by atoms with Crippen LogP contribution in [0.1, 0.15) is 11.5 Å². The first-order chi connectivity index (χ1) is 7.72. The minimum absolute atomic E-state index is 0.0769. The lowest BCUT2D eigenvalue weighted by Crippen LogP contribution is -2.22. The quantitative estimate of drug-likeness (QED) is 0.768. The van der Waals surface area contributed by atoms with Crippen molar-refractivity contribution in [2.75, 3.05) is 20.2 Å². The standard InChI is InChI=1S/C12H14FNO2/c1-16-12(15)11-7-14-6-10(11)8-2-4-9(13)5-3-8/h2-5,10-11,14H,6-7H2,1H3/t10-,11+/m0/s1. The Bertz CT molecular complexity index is 377. The van der Waals surface area contributed by atoms with Crippen molar-refractivity contribution in [3.63, 3.8) is 0 Å². The van der Waals surface area contributed by atoms with E-state index in [1.807, 2.05) is 0 Å². The Balaban J connectivity index is 2.19. The fourth-order valence-electron chi connectivity index (χ4n) is 2.14. The summed E-state index contributed by atoms with van der Waals surface area (Å²) in [5.74, 6) is -0.563. The number of carbonyl (C=O) groups excluding carboxylic acids is 1. The predicted octanol–water partition coefficient (Wildman–Crippen LogP) is 1.30. The van der Waals surface area contributed by atoms with Crippen molar-refractivity contribution in [2.24, 2.45) is 5.92 Å². The van der Waals surface area contributed by atoms with Crippen molar-refractivity contribution in [1.29, 1.82) is 0 Å². The van der Waals surface area contributed by atoms with Crippen LogP contribution in [0.5, 0.6) is 0 Å². The van der Waals surface area contributed by atoms with Crippen molar-refractivity contribution < 1.29 is 13.9 Å². The van der Waals surface area contributed by atoms with Crippen molar-refractivity contribution in [3.05, 3.63) is 35.6 Å². The summed E-state index contributed by atoms with van der Waals surface area (Å²) in [7, 11) is 1.39. The van der Waals surface area contributed by atoms with E-state index in [0.717, 1.165) is 12.1 Å². The molecule has 1 N–H and O–H groups in total. The zero-order valence-corrected chi connectivity index (χ0v) is 9.07. The zero-order valence-electron chi connectivity index (χ0n) is 9.07. The Labute approximate surface area is 93.6 Å². The molecular formula is C12H14FNO2. The molecule has 0 bridgehead atoms. The van der Waals surface area contributed by atoms with E-state index < -0.39 is 0 Å². The predicted molar refractivity (Wildman–Crippen MR) is 57.5 cm³/mol. The summed E-state index contributed by atoms with van der Waals surface area (Å²) in [6.07, 6.45) is 0. The average molecular weight is 223 g/mol. The molecule has 16 heavy (non-hydrogen) atoms. The van der Waals surface area contributed by atoms with Crippen molar-refractivity contribution >= 4 is 5.97 Å². The number of carbonyl (C=O) groups is 1. The van der Waals surface area contributed by atoms with Gasteiger partial charge in [0.05, 0.1) is 13.0 Å². The molecule has 2 atom stereocenters. The van der Waals surface area contributed by atoms with Crippen LogP contribution in [0.2, 0.25) is 0 Å². The third-order valence-corrected chi connectivity index (χ3v) is 3.02. The van der Waals surface area contributed by atoms with Gasteiger partial charge in [-0.1, -0.05) is 12.1 Å². The number of methoxy groups -OCH3 is 1. The third kappa shape index (κ3) is 2.07. The van der Waals surface area contributed by atoms with Crippen LogP contribution in [0.25, 0.3) is 0 Å². The molecule has 86 valence electrons. The van der Waals surface area contributed by atoms with Gasteiger partial charge in [-0.25, -0.2) is 4.39 Å². The Morgan fingerprint density at radius 2 is 2.06 bits per heavy atom. The normalized spacial score (nSPS) is 24.4. The number of esters is 1. The largest absolute Gasteiger partial charge is 0.469 e. The summed E-state index contributed by atoms with van der Waals surface area (Å²) in [5.41, 5.74) is 0.974. The van der Waals surface area contributed by atoms with Crippen molar-refractivity contribution in [2.45, 2.75) is 5.92 Å². The highest BCUT2D eigenvalue weighted by molar-refractivity contribution is 5.74. The second-order valence-corrected chi connectivity index (χ2v) is 3.95. The molecule has 1 aromatic rings. The molecule has 0 unspecified atom stereocenters. The van der Waals surface area contributed by atoms with Gasteiger partial charge in [-0.05, 0) is 17.7 Å². The van der Waals surface area contributed by atoms with Gasteiger partial charge in [0.15, 0.2) is 0 Å². The van der Waals surface area contributed by atoms with Gasteiger partial charge in [-0.3, -0.25) is 4.79 Å². The molecule has 1 heterocycles. The first kappa shape index (κ1) is 11.1. The molecule has 1 saturated heterocycles. The molecule has 1 aromatic carbocycles. The summed E-state index contributed by atoms with van der Waals surface area (Å²) in [5, 5.41) is 3.16. The summed E-state index contributed by atoms with van der Waals surface area (Å²) in [6.45, 7) is 1.35. The van der Waals surface area contributed by atoms with Crippen LogP contribution in [0.15, 0.2) is 24.3 Å². The van der Waals surface area contributed by atoms with E-state index in [-0.39, 0.29) is 23.6 Å². The molecule has 1 fully saturated rings. The second-order valence-electron chi connectivity index (χ2n) is 3.95. The van der Waals surface area contributed by atoms with Gasteiger partial charge in [0, 0.05) is 19.0 Å². The Hall–Kier alpha value is -1.42. The summed E-state index contributed by atoms with van der Waals surface area (Å²) >= 11 is 0. The van der Waals surface area contributed by atoms with Gasteiger partial charge in [0.2, 0.25) is 0 Å². The lowest BCUT2D eigenvalue weighted by atomic mass is 9.89. The van der Waals surface area contributed by atoms with Crippen LogP contribution in [-0.4, -0.2) is 26.2 Å². The fraction of sp³-hybridized carbons (Fsp3) is 0.417. The highest BCUT2D eigenvalue weighted by Crippen LogP contribution is 2.28. The monoisotopic (exact) mass is 223 g/mol. The number of ether oxygens (including phenoxy) is 1. The molecule has 0 saturated carbocycles. The second kappa shape index (κ2) is 4.61. The maximum Gasteiger partial charge on any atom is 0.310 e. The van der Waals surface area contributed by atoms with Crippen LogP contribution in [0.3, 0.4) is 0 Å². The van der Waals surface area contributed by atoms with Crippen molar-refractivity contribution in [3.8, 4) is 0 Å². The molecule has 2 rings (SSSR count). The highest BCUT2D eigenvalue weighted by Gasteiger charge is 2.34. The first-order valence-corrected chi connectivity index (χ1v) is 5.26. The van der Waals surface area contributed by atoms with Crippen LogP contribution >= 0.6 is 0 Å². The number of rotatable bonds is 2. The molecule has 0 amide bonds. The molecule has 0 aromatic heterocycles. The Morgan fingerprint density at radius 1 is 1.38 bits per heavy atom.